The van der Waals surface area contributed by atoms with Gasteiger partial charge in [-0.05, 0) is 35.9 Å². The van der Waals surface area contributed by atoms with Crippen LogP contribution in [0.25, 0.3) is 22.3 Å². The summed E-state index contributed by atoms with van der Waals surface area (Å²) in [5, 5.41) is 0.844. The first-order valence-electron chi connectivity index (χ1n) is 5.46. The molecule has 1 N–H and O–H groups in total. The second-order valence-corrected chi connectivity index (χ2v) is 4.13. The molecule has 5 heteroatoms. The zero-order valence-electron chi connectivity index (χ0n) is 9.64. The van der Waals surface area contributed by atoms with Gasteiger partial charge in [0.25, 0.3) is 0 Å². The lowest BCUT2D eigenvalue weighted by Gasteiger charge is -1.96. The molecule has 0 radical (unpaired) electrons. The number of aromatic amines is 1. The van der Waals surface area contributed by atoms with Crippen LogP contribution < -0.4 is 5.69 Å². The van der Waals surface area contributed by atoms with Gasteiger partial charge in [-0.15, -0.1) is 0 Å². The number of benzene rings is 1. The number of fused-ring (bicyclic) bond motifs is 1. The largest absolute Gasteiger partial charge is 0.349 e. The van der Waals surface area contributed by atoms with Gasteiger partial charge in [-0.25, -0.2) is 9.18 Å². The molecule has 0 bridgehead atoms. The van der Waals surface area contributed by atoms with Gasteiger partial charge < -0.3 is 9.55 Å². The van der Waals surface area contributed by atoms with Crippen LogP contribution in [0.1, 0.15) is 0 Å². The minimum Gasteiger partial charge on any atom is -0.339 e. The predicted molar refractivity (Wildman–Crippen MR) is 66.7 cm³/mol. The van der Waals surface area contributed by atoms with Crippen molar-refractivity contribution in [1.82, 2.24) is 14.5 Å². The Kier molecular flexibility index (Phi) is 2.26. The Morgan fingerprint density at radius 1 is 1.28 bits per heavy atom. The average molecular weight is 243 g/mol. The fourth-order valence-electron chi connectivity index (χ4n) is 1.87. The summed E-state index contributed by atoms with van der Waals surface area (Å²) in [5.74, 6) is -0.277. The van der Waals surface area contributed by atoms with Crippen LogP contribution in [-0.2, 0) is 7.05 Å². The van der Waals surface area contributed by atoms with Gasteiger partial charge >= 0.3 is 5.69 Å². The summed E-state index contributed by atoms with van der Waals surface area (Å²) in [6.07, 6.45) is 1.72. The van der Waals surface area contributed by atoms with E-state index in [0.717, 1.165) is 16.6 Å². The van der Waals surface area contributed by atoms with Crippen molar-refractivity contribution in [2.45, 2.75) is 0 Å². The summed E-state index contributed by atoms with van der Waals surface area (Å²) in [5.41, 5.74) is 1.89. The molecule has 3 aromatic rings. The quantitative estimate of drug-likeness (QED) is 0.711. The van der Waals surface area contributed by atoms with Crippen LogP contribution in [-0.4, -0.2) is 14.5 Å². The van der Waals surface area contributed by atoms with E-state index < -0.39 is 0 Å². The third-order valence-electron chi connectivity index (χ3n) is 2.82. The lowest BCUT2D eigenvalue weighted by atomic mass is 10.1. The molecule has 0 aliphatic carbocycles. The van der Waals surface area contributed by atoms with E-state index in [0.29, 0.717) is 5.65 Å². The monoisotopic (exact) mass is 243 g/mol. The molecule has 2 aromatic heterocycles. The molecule has 2 heterocycles. The molecular weight excluding hydrogens is 233 g/mol. The summed E-state index contributed by atoms with van der Waals surface area (Å²) >= 11 is 0. The normalized spacial score (nSPS) is 11.0. The lowest BCUT2D eigenvalue weighted by Crippen LogP contribution is -2.18. The van der Waals surface area contributed by atoms with E-state index in [-0.39, 0.29) is 11.5 Å². The van der Waals surface area contributed by atoms with E-state index >= 15 is 0 Å². The number of nitrogens with zero attached hydrogens (tertiary/aromatic N) is 2. The Morgan fingerprint density at radius 3 is 2.72 bits per heavy atom. The molecule has 3 rings (SSSR count). The van der Waals surface area contributed by atoms with Crippen LogP contribution in [0.3, 0.4) is 0 Å². The Balaban J connectivity index is 2.19. The highest BCUT2D eigenvalue weighted by Gasteiger charge is 2.06. The fourth-order valence-corrected chi connectivity index (χ4v) is 1.87. The van der Waals surface area contributed by atoms with Crippen molar-refractivity contribution < 1.29 is 4.39 Å². The number of hydrogen-bond acceptors (Lipinski definition) is 2. The average Bonchev–Trinajstić information content (AvgIpc) is 2.73. The van der Waals surface area contributed by atoms with Crippen LogP contribution in [0.5, 0.6) is 0 Å². The van der Waals surface area contributed by atoms with E-state index in [1.807, 2.05) is 6.07 Å². The highest BCUT2D eigenvalue weighted by Crippen LogP contribution is 2.22. The number of aryl methyl sites for hydroxylation is 1. The Hall–Kier alpha value is -2.43. The molecule has 0 unspecified atom stereocenters. The number of H-pyrrole nitrogens is 1. The van der Waals surface area contributed by atoms with E-state index in [4.69, 9.17) is 0 Å². The Morgan fingerprint density at radius 2 is 2.00 bits per heavy atom. The van der Waals surface area contributed by atoms with Gasteiger partial charge in [-0.1, -0.05) is 0 Å². The zero-order valence-corrected chi connectivity index (χ0v) is 9.64. The first-order valence-corrected chi connectivity index (χ1v) is 5.46. The molecule has 0 saturated carbocycles. The number of aromatic nitrogens is 3. The van der Waals surface area contributed by atoms with E-state index in [9.17, 15) is 9.18 Å². The summed E-state index contributed by atoms with van der Waals surface area (Å²) in [6, 6.07) is 8.03. The summed E-state index contributed by atoms with van der Waals surface area (Å²) < 4.78 is 14.3. The third kappa shape index (κ3) is 1.69. The maximum Gasteiger partial charge on any atom is 0.349 e. The fraction of sp³-hybridized carbons (Fsp3) is 0.0769. The molecule has 0 atom stereocenters. The van der Waals surface area contributed by atoms with E-state index in [1.165, 1.54) is 16.7 Å². The van der Waals surface area contributed by atoms with Crippen molar-refractivity contribution >= 4 is 11.0 Å². The standard InChI is InChI=1S/C13H10FN3O/c1-17-7-9-6-11(15-12(9)16-13(17)18)8-2-4-10(14)5-3-8/h2-7H,1H3,(H,15,16,18). The molecule has 0 aliphatic rings. The molecule has 1 aromatic carbocycles. The van der Waals surface area contributed by atoms with Crippen LogP contribution in [0.2, 0.25) is 0 Å². The van der Waals surface area contributed by atoms with Crippen molar-refractivity contribution in [1.29, 1.82) is 0 Å². The SMILES string of the molecule is Cn1cc2cc(-c3ccc(F)cc3)[nH]c2nc1=O. The lowest BCUT2D eigenvalue weighted by molar-refractivity contribution is 0.628. The van der Waals surface area contributed by atoms with Gasteiger partial charge in [0.2, 0.25) is 0 Å². The molecule has 0 aliphatic heterocycles. The van der Waals surface area contributed by atoms with Crippen LogP contribution in [0, 0.1) is 5.82 Å². The summed E-state index contributed by atoms with van der Waals surface area (Å²) in [6.45, 7) is 0. The molecule has 90 valence electrons. The molecular formula is C13H10FN3O. The van der Waals surface area contributed by atoms with Crippen molar-refractivity contribution in [3.05, 3.63) is 52.8 Å². The minimum absolute atomic E-state index is 0.277. The highest BCUT2D eigenvalue weighted by molar-refractivity contribution is 5.82. The van der Waals surface area contributed by atoms with Crippen molar-refractivity contribution in [3.8, 4) is 11.3 Å². The number of hydrogen-bond donors (Lipinski definition) is 1. The Labute approximate surface area is 102 Å². The molecule has 0 saturated heterocycles. The van der Waals surface area contributed by atoms with Crippen LogP contribution in [0.15, 0.2) is 41.3 Å². The predicted octanol–water partition coefficient (Wildman–Crippen LogP) is 2.07. The van der Waals surface area contributed by atoms with Crippen molar-refractivity contribution in [2.75, 3.05) is 0 Å². The van der Waals surface area contributed by atoms with Gasteiger partial charge in [-0.3, -0.25) is 0 Å². The van der Waals surface area contributed by atoms with Crippen molar-refractivity contribution in [2.24, 2.45) is 7.05 Å². The third-order valence-corrected chi connectivity index (χ3v) is 2.82. The molecule has 4 nitrogen and oxygen atoms in total. The van der Waals surface area contributed by atoms with Gasteiger partial charge in [0, 0.05) is 24.3 Å². The summed E-state index contributed by atoms with van der Waals surface area (Å²) in [7, 11) is 1.65. The van der Waals surface area contributed by atoms with Gasteiger partial charge in [-0.2, -0.15) is 4.98 Å². The Bertz CT molecular complexity index is 771. The van der Waals surface area contributed by atoms with Gasteiger partial charge in [0.1, 0.15) is 11.5 Å². The molecule has 0 spiro atoms. The first kappa shape index (κ1) is 10.7. The van der Waals surface area contributed by atoms with Crippen LogP contribution >= 0.6 is 0 Å². The molecule has 18 heavy (non-hydrogen) atoms. The second-order valence-electron chi connectivity index (χ2n) is 4.13. The van der Waals surface area contributed by atoms with E-state index in [2.05, 4.69) is 9.97 Å². The highest BCUT2D eigenvalue weighted by atomic mass is 19.1. The number of nitrogens with one attached hydrogen (secondary N) is 1. The number of rotatable bonds is 1. The maximum atomic E-state index is 12.8. The zero-order chi connectivity index (χ0) is 12.7. The minimum atomic E-state index is -0.310. The second kappa shape index (κ2) is 3.80. The van der Waals surface area contributed by atoms with Crippen LogP contribution in [0.4, 0.5) is 4.39 Å². The number of halogens is 1. The smallest absolute Gasteiger partial charge is 0.339 e. The summed E-state index contributed by atoms with van der Waals surface area (Å²) in [4.78, 5) is 18.4. The molecule has 0 fully saturated rings. The van der Waals surface area contributed by atoms with Gasteiger partial charge in [0.05, 0.1) is 0 Å². The van der Waals surface area contributed by atoms with Crippen molar-refractivity contribution in [3.63, 3.8) is 0 Å². The first-order chi connectivity index (χ1) is 8.63. The topological polar surface area (TPSA) is 50.7 Å². The maximum absolute atomic E-state index is 12.8. The van der Waals surface area contributed by atoms with Gasteiger partial charge in [0.15, 0.2) is 0 Å². The molecule has 0 amide bonds. The van der Waals surface area contributed by atoms with E-state index in [1.54, 1.807) is 25.4 Å².